The molecule has 0 amide bonds. The molecule has 0 fully saturated rings. The summed E-state index contributed by atoms with van der Waals surface area (Å²) >= 11 is 0. The van der Waals surface area contributed by atoms with Gasteiger partial charge in [-0.3, -0.25) is 0 Å². The summed E-state index contributed by atoms with van der Waals surface area (Å²) in [5, 5.41) is 13.1. The van der Waals surface area contributed by atoms with Crippen LogP contribution in [0.4, 0.5) is 4.39 Å². The zero-order valence-corrected chi connectivity index (χ0v) is 11.8. The van der Waals surface area contributed by atoms with Crippen LogP contribution in [0.3, 0.4) is 0 Å². The van der Waals surface area contributed by atoms with E-state index in [2.05, 4.69) is 5.16 Å². The number of rotatable bonds is 5. The van der Waals surface area contributed by atoms with Crippen LogP contribution in [0.25, 0.3) is 11.3 Å². The highest BCUT2D eigenvalue weighted by molar-refractivity contribution is 5.64. The van der Waals surface area contributed by atoms with Crippen molar-refractivity contribution in [1.29, 1.82) is 0 Å². The van der Waals surface area contributed by atoms with E-state index in [1.54, 1.807) is 12.1 Å². The lowest BCUT2D eigenvalue weighted by Crippen LogP contribution is -2.00. The average molecular weight is 279 g/mol. The number of benzene rings is 1. The Hall–Kier alpha value is -1.88. The van der Waals surface area contributed by atoms with Crippen LogP contribution in [-0.4, -0.2) is 17.4 Å². The fraction of sp³-hybridized carbons (Fsp3) is 0.400. The van der Waals surface area contributed by atoms with Crippen molar-refractivity contribution in [2.24, 2.45) is 5.92 Å². The Kier molecular flexibility index (Phi) is 4.39. The summed E-state index contributed by atoms with van der Waals surface area (Å²) in [6.45, 7) is 3.86. The second-order valence-electron chi connectivity index (χ2n) is 5.04. The molecule has 0 unspecified atom stereocenters. The van der Waals surface area contributed by atoms with Gasteiger partial charge in [-0.1, -0.05) is 19.0 Å². The van der Waals surface area contributed by atoms with Gasteiger partial charge in [-0.2, -0.15) is 0 Å². The highest BCUT2D eigenvalue weighted by atomic mass is 19.1. The molecule has 0 saturated carbocycles. The smallest absolute Gasteiger partial charge is 0.173 e. The molecule has 20 heavy (non-hydrogen) atoms. The number of ether oxygens (including phenoxy) is 1. The number of aromatic nitrogens is 1. The summed E-state index contributed by atoms with van der Waals surface area (Å²) < 4.78 is 24.4. The second-order valence-corrected chi connectivity index (χ2v) is 5.04. The van der Waals surface area contributed by atoms with Crippen molar-refractivity contribution in [3.8, 4) is 17.1 Å². The third-order valence-electron chi connectivity index (χ3n) is 3.05. The van der Waals surface area contributed by atoms with E-state index in [0.29, 0.717) is 35.1 Å². The molecule has 0 aliphatic rings. The fourth-order valence-corrected chi connectivity index (χ4v) is 2.10. The summed E-state index contributed by atoms with van der Waals surface area (Å²) in [6.07, 6.45) is 0.658. The molecule has 0 saturated heterocycles. The van der Waals surface area contributed by atoms with E-state index in [1.165, 1.54) is 13.2 Å². The summed E-state index contributed by atoms with van der Waals surface area (Å²) in [5.74, 6) is 0.835. The van der Waals surface area contributed by atoms with E-state index >= 15 is 0 Å². The lowest BCUT2D eigenvalue weighted by atomic mass is 9.97. The summed E-state index contributed by atoms with van der Waals surface area (Å²) in [6, 6.07) is 4.44. The van der Waals surface area contributed by atoms with Crippen molar-refractivity contribution in [1.82, 2.24) is 5.16 Å². The number of nitrogens with zero attached hydrogens (tertiary/aromatic N) is 1. The Morgan fingerprint density at radius 1 is 1.40 bits per heavy atom. The summed E-state index contributed by atoms with van der Waals surface area (Å²) in [4.78, 5) is 0. The van der Waals surface area contributed by atoms with Gasteiger partial charge in [0.1, 0.15) is 17.3 Å². The number of hydrogen-bond acceptors (Lipinski definition) is 4. The first-order valence-electron chi connectivity index (χ1n) is 6.49. The maximum atomic E-state index is 14.0. The molecule has 5 heteroatoms. The first-order valence-corrected chi connectivity index (χ1v) is 6.49. The fourth-order valence-electron chi connectivity index (χ4n) is 2.10. The molecule has 0 atom stereocenters. The van der Waals surface area contributed by atoms with Gasteiger partial charge in [0.15, 0.2) is 5.76 Å². The zero-order valence-electron chi connectivity index (χ0n) is 11.8. The molecular formula is C15H18FNO3. The van der Waals surface area contributed by atoms with E-state index in [4.69, 9.17) is 9.26 Å². The normalized spacial score (nSPS) is 11.1. The van der Waals surface area contributed by atoms with Crippen molar-refractivity contribution in [3.05, 3.63) is 35.3 Å². The van der Waals surface area contributed by atoms with Crippen LogP contribution in [0.2, 0.25) is 0 Å². The summed E-state index contributed by atoms with van der Waals surface area (Å²) in [5.41, 5.74) is 1.50. The highest BCUT2D eigenvalue weighted by Crippen LogP contribution is 2.32. The second kappa shape index (κ2) is 6.05. The predicted molar refractivity (Wildman–Crippen MR) is 72.9 cm³/mol. The molecule has 4 nitrogen and oxygen atoms in total. The van der Waals surface area contributed by atoms with Gasteiger partial charge in [-0.25, -0.2) is 4.39 Å². The molecule has 1 aromatic carbocycles. The SMILES string of the molecule is COc1ccc(F)c(-c2onc(CO)c2CC(C)C)c1. The lowest BCUT2D eigenvalue weighted by Gasteiger charge is -2.08. The largest absolute Gasteiger partial charge is 0.497 e. The zero-order chi connectivity index (χ0) is 14.7. The Bertz CT molecular complexity index is 593. The maximum absolute atomic E-state index is 14.0. The molecule has 2 rings (SSSR count). The van der Waals surface area contributed by atoms with Gasteiger partial charge in [-0.15, -0.1) is 0 Å². The summed E-state index contributed by atoms with van der Waals surface area (Å²) in [7, 11) is 1.52. The Balaban J connectivity index is 2.54. The van der Waals surface area contributed by atoms with Crippen molar-refractivity contribution < 1.29 is 18.8 Å². The van der Waals surface area contributed by atoms with E-state index in [9.17, 15) is 9.50 Å². The molecule has 0 aliphatic heterocycles. The van der Waals surface area contributed by atoms with Crippen molar-refractivity contribution in [3.63, 3.8) is 0 Å². The number of halogens is 1. The molecule has 0 spiro atoms. The number of aliphatic hydroxyl groups is 1. The molecule has 1 N–H and O–H groups in total. The van der Waals surface area contributed by atoms with Gasteiger partial charge in [0.05, 0.1) is 19.3 Å². The lowest BCUT2D eigenvalue weighted by molar-refractivity contribution is 0.266. The van der Waals surface area contributed by atoms with Crippen LogP contribution in [0.15, 0.2) is 22.7 Å². The van der Waals surface area contributed by atoms with Crippen LogP contribution >= 0.6 is 0 Å². The Morgan fingerprint density at radius 2 is 2.15 bits per heavy atom. The highest BCUT2D eigenvalue weighted by Gasteiger charge is 2.21. The Labute approximate surface area is 117 Å². The van der Waals surface area contributed by atoms with Gasteiger partial charge in [0.25, 0.3) is 0 Å². The third-order valence-corrected chi connectivity index (χ3v) is 3.05. The van der Waals surface area contributed by atoms with Crippen LogP contribution in [0.5, 0.6) is 5.75 Å². The van der Waals surface area contributed by atoms with Gasteiger partial charge < -0.3 is 14.4 Å². The molecule has 108 valence electrons. The minimum Gasteiger partial charge on any atom is -0.497 e. The van der Waals surface area contributed by atoms with E-state index in [1.807, 2.05) is 13.8 Å². The molecular weight excluding hydrogens is 261 g/mol. The quantitative estimate of drug-likeness (QED) is 0.913. The van der Waals surface area contributed by atoms with Crippen molar-refractivity contribution in [2.75, 3.05) is 7.11 Å². The minimum atomic E-state index is -0.406. The molecule has 2 aromatic rings. The third kappa shape index (κ3) is 2.82. The monoisotopic (exact) mass is 279 g/mol. The topological polar surface area (TPSA) is 55.5 Å². The average Bonchev–Trinajstić information content (AvgIpc) is 2.81. The van der Waals surface area contributed by atoms with E-state index < -0.39 is 5.82 Å². The molecule has 1 aromatic heterocycles. The van der Waals surface area contributed by atoms with Crippen molar-refractivity contribution in [2.45, 2.75) is 26.9 Å². The first kappa shape index (κ1) is 14.5. The molecule has 0 radical (unpaired) electrons. The van der Waals surface area contributed by atoms with Gasteiger partial charge in [0, 0.05) is 5.56 Å². The number of methoxy groups -OCH3 is 1. The number of hydrogen-bond donors (Lipinski definition) is 1. The first-order chi connectivity index (χ1) is 9.56. The van der Waals surface area contributed by atoms with Crippen LogP contribution < -0.4 is 4.74 Å². The van der Waals surface area contributed by atoms with Crippen LogP contribution in [0.1, 0.15) is 25.1 Å². The van der Waals surface area contributed by atoms with Crippen LogP contribution in [-0.2, 0) is 13.0 Å². The van der Waals surface area contributed by atoms with E-state index in [-0.39, 0.29) is 6.61 Å². The number of aliphatic hydroxyl groups excluding tert-OH is 1. The van der Waals surface area contributed by atoms with Gasteiger partial charge >= 0.3 is 0 Å². The van der Waals surface area contributed by atoms with Crippen LogP contribution in [0, 0.1) is 11.7 Å². The molecule has 1 heterocycles. The van der Waals surface area contributed by atoms with Crippen molar-refractivity contribution >= 4 is 0 Å². The standard InChI is InChI=1S/C15H18FNO3/c1-9(2)6-12-14(8-18)17-20-15(12)11-7-10(19-3)4-5-13(11)16/h4-5,7,9,18H,6,8H2,1-3H3. The minimum absolute atomic E-state index is 0.225. The molecule has 0 aliphatic carbocycles. The maximum Gasteiger partial charge on any atom is 0.173 e. The van der Waals surface area contributed by atoms with E-state index in [0.717, 1.165) is 5.56 Å². The van der Waals surface area contributed by atoms with Gasteiger partial charge in [0.2, 0.25) is 0 Å². The predicted octanol–water partition coefficient (Wildman–Crippen LogP) is 3.18. The van der Waals surface area contributed by atoms with Gasteiger partial charge in [-0.05, 0) is 30.5 Å². The Morgan fingerprint density at radius 3 is 2.75 bits per heavy atom. The molecule has 0 bridgehead atoms.